The lowest BCUT2D eigenvalue weighted by Crippen LogP contribution is -2.16. The van der Waals surface area contributed by atoms with E-state index in [2.05, 4.69) is 35.6 Å². The minimum absolute atomic E-state index is 0.109. The quantitative estimate of drug-likeness (QED) is 0.125. The van der Waals surface area contributed by atoms with Crippen LogP contribution in [-0.2, 0) is 0 Å². The lowest BCUT2D eigenvalue weighted by molar-refractivity contribution is -0.384. The number of aromatic amines is 1. The van der Waals surface area contributed by atoms with Crippen LogP contribution < -0.4 is 16.4 Å². The minimum Gasteiger partial charge on any atom is -0.378 e. The van der Waals surface area contributed by atoms with E-state index in [0.717, 1.165) is 12.1 Å². The average molecular weight is 488 g/mol. The molecule has 11 nitrogen and oxygen atoms in total. The second-order valence-corrected chi connectivity index (χ2v) is 7.26. The second kappa shape index (κ2) is 9.62. The van der Waals surface area contributed by atoms with Crippen molar-refractivity contribution in [1.29, 1.82) is 0 Å². The molecule has 0 saturated carbocycles. The molecule has 5 N–H and O–H groups in total. The van der Waals surface area contributed by atoms with Crippen LogP contribution in [0.3, 0.4) is 0 Å². The molecule has 0 aliphatic heterocycles. The average Bonchev–Trinajstić information content (AvgIpc) is 3.34. The van der Waals surface area contributed by atoms with Gasteiger partial charge < -0.3 is 21.4 Å². The first-order chi connectivity index (χ1) is 16.3. The highest BCUT2D eigenvalue weighted by atomic mass is 35.5. The summed E-state index contributed by atoms with van der Waals surface area (Å²) in [6, 6.07) is 4.52. The van der Waals surface area contributed by atoms with Crippen molar-refractivity contribution in [1.82, 2.24) is 24.9 Å². The Hall–Kier alpha value is -4.39. The minimum atomic E-state index is -0.796. The van der Waals surface area contributed by atoms with Gasteiger partial charge in [0.25, 0.3) is 0 Å². The van der Waals surface area contributed by atoms with Gasteiger partial charge in [-0.1, -0.05) is 11.6 Å². The van der Waals surface area contributed by atoms with E-state index in [1.165, 1.54) is 24.5 Å². The number of hydrogen-bond donors (Lipinski definition) is 4. The number of halogens is 3. The summed E-state index contributed by atoms with van der Waals surface area (Å²) in [5.41, 5.74) is 5.65. The number of benzene rings is 1. The summed E-state index contributed by atoms with van der Waals surface area (Å²) < 4.78 is 28.7. The van der Waals surface area contributed by atoms with Gasteiger partial charge in [0.2, 0.25) is 11.8 Å². The predicted molar refractivity (Wildman–Crippen MR) is 122 cm³/mol. The molecule has 3 heterocycles. The molecule has 34 heavy (non-hydrogen) atoms. The summed E-state index contributed by atoms with van der Waals surface area (Å²) in [6.45, 7) is 0.627. The molecule has 14 heteroatoms. The Labute approximate surface area is 195 Å². The van der Waals surface area contributed by atoms with Gasteiger partial charge in [-0.3, -0.25) is 10.1 Å². The van der Waals surface area contributed by atoms with Gasteiger partial charge in [0.15, 0.2) is 0 Å². The smallest absolute Gasteiger partial charge is 0.311 e. The number of nitro groups is 1. The number of anilines is 3. The van der Waals surface area contributed by atoms with Crippen LogP contribution in [0, 0.1) is 21.7 Å². The Morgan fingerprint density at radius 2 is 1.88 bits per heavy atom. The molecule has 0 fully saturated rings. The van der Waals surface area contributed by atoms with Gasteiger partial charge in [0.05, 0.1) is 21.2 Å². The van der Waals surface area contributed by atoms with Gasteiger partial charge in [-0.2, -0.15) is 0 Å². The molecule has 0 saturated heterocycles. The van der Waals surface area contributed by atoms with Crippen molar-refractivity contribution in [2.45, 2.75) is 0 Å². The van der Waals surface area contributed by atoms with E-state index in [1.54, 1.807) is 6.20 Å². The highest BCUT2D eigenvalue weighted by Gasteiger charge is 2.19. The number of nitrogens with one attached hydrogen (secondary N) is 3. The first kappa shape index (κ1) is 22.8. The molecule has 0 spiro atoms. The van der Waals surface area contributed by atoms with E-state index < -0.39 is 16.6 Å². The van der Waals surface area contributed by atoms with Gasteiger partial charge in [0, 0.05) is 43.3 Å². The Morgan fingerprint density at radius 3 is 2.59 bits per heavy atom. The van der Waals surface area contributed by atoms with E-state index in [9.17, 15) is 18.9 Å². The molecule has 0 aliphatic rings. The monoisotopic (exact) mass is 487 g/mol. The standard InChI is InChI=1S/C20H16ClF2N9O2/c21-12-8-13(22)10(7-14(12)23)17-11(19-26-4-5-27-19)9-29-20(31-17)28-6-3-25-16-2-1-15(32(33)34)18(24)30-16/h1-2,4-5,7-9H,3,6H2,(H,26,27)(H3,24,25,30)(H,28,29,31). The van der Waals surface area contributed by atoms with Crippen LogP contribution in [-0.4, -0.2) is 42.9 Å². The third-order valence-electron chi connectivity index (χ3n) is 4.62. The van der Waals surface area contributed by atoms with Crippen LogP contribution in [0.2, 0.25) is 5.02 Å². The Kier molecular flexibility index (Phi) is 6.45. The summed E-state index contributed by atoms with van der Waals surface area (Å²) in [5.74, 6) is -0.888. The topological polar surface area (TPSA) is 161 Å². The van der Waals surface area contributed by atoms with Crippen LogP contribution in [0.1, 0.15) is 0 Å². The van der Waals surface area contributed by atoms with Crippen molar-refractivity contribution in [3.05, 3.63) is 69.6 Å². The SMILES string of the molecule is Nc1nc(NCCNc2ncc(-c3ncc[nH]3)c(-c3cc(F)c(Cl)cc3F)n2)ccc1[N+](=O)[O-]. The van der Waals surface area contributed by atoms with Gasteiger partial charge in [-0.15, -0.1) is 0 Å². The van der Waals surface area contributed by atoms with Crippen LogP contribution in [0.5, 0.6) is 0 Å². The molecule has 0 bridgehead atoms. The zero-order chi connectivity index (χ0) is 24.2. The molecule has 4 rings (SSSR count). The van der Waals surface area contributed by atoms with Crippen molar-refractivity contribution in [3.8, 4) is 22.6 Å². The summed E-state index contributed by atoms with van der Waals surface area (Å²) in [5, 5.41) is 16.4. The summed E-state index contributed by atoms with van der Waals surface area (Å²) in [6.07, 6.45) is 4.52. The fourth-order valence-corrected chi connectivity index (χ4v) is 3.20. The predicted octanol–water partition coefficient (Wildman–Crippen LogP) is 3.87. The molecular weight excluding hydrogens is 472 g/mol. The highest BCUT2D eigenvalue weighted by Crippen LogP contribution is 2.33. The number of pyridine rings is 1. The molecule has 1 aromatic carbocycles. The van der Waals surface area contributed by atoms with E-state index in [4.69, 9.17) is 17.3 Å². The van der Waals surface area contributed by atoms with Gasteiger partial charge >= 0.3 is 5.69 Å². The maximum absolute atomic E-state index is 14.6. The van der Waals surface area contributed by atoms with Crippen molar-refractivity contribution in [3.63, 3.8) is 0 Å². The Morgan fingerprint density at radius 1 is 1.09 bits per heavy atom. The third-order valence-corrected chi connectivity index (χ3v) is 4.91. The van der Waals surface area contributed by atoms with Crippen molar-refractivity contribution in [2.24, 2.45) is 0 Å². The van der Waals surface area contributed by atoms with E-state index >= 15 is 0 Å². The molecule has 0 amide bonds. The fourth-order valence-electron chi connectivity index (χ4n) is 3.05. The number of H-pyrrole nitrogens is 1. The number of hydrogen-bond acceptors (Lipinski definition) is 9. The first-order valence-corrected chi connectivity index (χ1v) is 10.1. The van der Waals surface area contributed by atoms with Gasteiger partial charge in [-0.25, -0.2) is 28.7 Å². The Balaban J connectivity index is 1.52. The molecule has 4 aromatic rings. The van der Waals surface area contributed by atoms with Crippen LogP contribution >= 0.6 is 11.6 Å². The maximum Gasteiger partial charge on any atom is 0.311 e. The molecule has 0 radical (unpaired) electrons. The number of nitrogen functional groups attached to an aromatic ring is 1. The van der Waals surface area contributed by atoms with Gasteiger partial charge in [0.1, 0.15) is 23.3 Å². The maximum atomic E-state index is 14.6. The lowest BCUT2D eigenvalue weighted by atomic mass is 10.1. The zero-order valence-electron chi connectivity index (χ0n) is 17.2. The molecule has 0 unspecified atom stereocenters. The van der Waals surface area contributed by atoms with E-state index in [0.29, 0.717) is 30.3 Å². The molecule has 3 aromatic heterocycles. The molecule has 0 aliphatic carbocycles. The number of aromatic nitrogens is 5. The fraction of sp³-hybridized carbons (Fsp3) is 0.100. The Bertz CT molecular complexity index is 1350. The summed E-state index contributed by atoms with van der Waals surface area (Å²) in [7, 11) is 0. The summed E-state index contributed by atoms with van der Waals surface area (Å²) >= 11 is 5.68. The summed E-state index contributed by atoms with van der Waals surface area (Å²) in [4.78, 5) is 29.7. The van der Waals surface area contributed by atoms with Crippen LogP contribution in [0.15, 0.2) is 42.9 Å². The van der Waals surface area contributed by atoms with Crippen LogP contribution in [0.4, 0.5) is 32.1 Å². The highest BCUT2D eigenvalue weighted by molar-refractivity contribution is 6.30. The number of rotatable bonds is 8. The van der Waals surface area contributed by atoms with Crippen LogP contribution in [0.25, 0.3) is 22.6 Å². The lowest BCUT2D eigenvalue weighted by Gasteiger charge is -2.12. The van der Waals surface area contributed by atoms with Crippen molar-refractivity contribution >= 4 is 34.9 Å². The molecule has 0 atom stereocenters. The van der Waals surface area contributed by atoms with E-state index in [-0.39, 0.29) is 33.7 Å². The largest absolute Gasteiger partial charge is 0.378 e. The van der Waals surface area contributed by atoms with Crippen molar-refractivity contribution in [2.75, 3.05) is 29.5 Å². The normalized spacial score (nSPS) is 10.8. The van der Waals surface area contributed by atoms with E-state index in [1.807, 2.05) is 0 Å². The number of nitrogens with zero attached hydrogens (tertiary/aromatic N) is 5. The van der Waals surface area contributed by atoms with Crippen molar-refractivity contribution < 1.29 is 13.7 Å². The molecule has 174 valence electrons. The number of imidazole rings is 1. The first-order valence-electron chi connectivity index (χ1n) is 9.74. The second-order valence-electron chi connectivity index (χ2n) is 6.85. The number of nitrogens with two attached hydrogens (primary N) is 1. The zero-order valence-corrected chi connectivity index (χ0v) is 18.0. The van der Waals surface area contributed by atoms with Gasteiger partial charge in [-0.05, 0) is 18.2 Å². The third kappa shape index (κ3) is 4.83. The molecular formula is C20H16ClF2N9O2.